The number of aromatic nitrogens is 1. The van der Waals surface area contributed by atoms with Gasteiger partial charge in [0.05, 0.1) is 42.0 Å². The third-order valence-corrected chi connectivity index (χ3v) is 6.72. The van der Waals surface area contributed by atoms with Crippen molar-refractivity contribution in [2.45, 2.75) is 31.2 Å². The molecule has 176 valence electrons. The number of nitrogens with zero attached hydrogens (tertiary/aromatic N) is 3. The quantitative estimate of drug-likeness (QED) is 0.427. The van der Waals surface area contributed by atoms with E-state index in [1.807, 2.05) is 12.1 Å². The summed E-state index contributed by atoms with van der Waals surface area (Å²) in [5.74, 6) is -0.805. The van der Waals surface area contributed by atoms with E-state index in [1.54, 1.807) is 26.0 Å². The molecule has 0 saturated carbocycles. The summed E-state index contributed by atoms with van der Waals surface area (Å²) in [5, 5.41) is 22.9. The molecular weight excluding hydrogens is 471 g/mol. The molecule has 3 aromatic rings. The Morgan fingerprint density at radius 1 is 0.971 bits per heavy atom. The van der Waals surface area contributed by atoms with Crippen LogP contribution in [0.1, 0.15) is 30.5 Å². The Hall–Kier alpha value is -3.35. The molecule has 2 aliphatic rings. The van der Waals surface area contributed by atoms with Gasteiger partial charge in [0.2, 0.25) is 11.8 Å². The first-order valence-electron chi connectivity index (χ1n) is 10.4. The number of fused-ring (bicyclic) bond motifs is 5. The van der Waals surface area contributed by atoms with E-state index in [0.717, 1.165) is 22.4 Å². The molecule has 1 aromatic heterocycles. The van der Waals surface area contributed by atoms with Gasteiger partial charge in [0, 0.05) is 10.7 Å². The zero-order chi connectivity index (χ0) is 24.6. The van der Waals surface area contributed by atoms with Gasteiger partial charge in [-0.1, -0.05) is 17.7 Å². The Bertz CT molecular complexity index is 1320. The summed E-state index contributed by atoms with van der Waals surface area (Å²) in [4.78, 5) is 4.99. The number of halogens is 4. The van der Waals surface area contributed by atoms with Crippen LogP contribution < -0.4 is 4.90 Å². The zero-order valence-corrected chi connectivity index (χ0v) is 18.9. The first-order chi connectivity index (χ1) is 15.9. The summed E-state index contributed by atoms with van der Waals surface area (Å²) < 4.78 is 47.8. The van der Waals surface area contributed by atoms with E-state index in [4.69, 9.17) is 22.9 Å². The minimum Gasteiger partial charge on any atom is -0.494 e. The Morgan fingerprint density at radius 3 is 2.00 bits per heavy atom. The van der Waals surface area contributed by atoms with Crippen molar-refractivity contribution in [2.24, 2.45) is 0 Å². The van der Waals surface area contributed by atoms with Crippen LogP contribution in [0.5, 0.6) is 11.8 Å². The topological polar surface area (TPSA) is 62.2 Å². The van der Waals surface area contributed by atoms with Crippen molar-refractivity contribution in [1.29, 1.82) is 0 Å². The lowest BCUT2D eigenvalue weighted by atomic mass is 9.94. The summed E-state index contributed by atoms with van der Waals surface area (Å²) >= 11 is 6.01. The Morgan fingerprint density at radius 2 is 1.50 bits per heavy atom. The predicted octanol–water partition coefficient (Wildman–Crippen LogP) is 6.09. The number of hydrogen-bond donors (Lipinski definition) is 2. The molecule has 5 rings (SSSR count). The molecular formula is C24H19ClF3N3O3. The number of alkyl halides is 3. The van der Waals surface area contributed by atoms with Gasteiger partial charge in [-0.3, -0.25) is 4.57 Å². The Labute approximate surface area is 198 Å². The molecule has 6 nitrogen and oxygen atoms in total. The number of benzene rings is 2. The van der Waals surface area contributed by atoms with E-state index in [0.29, 0.717) is 29.2 Å². The highest BCUT2D eigenvalue weighted by atomic mass is 35.5. The third-order valence-electron chi connectivity index (χ3n) is 6.47. The van der Waals surface area contributed by atoms with Crippen LogP contribution in [0.3, 0.4) is 0 Å². The molecule has 2 N–H and O–H groups in total. The van der Waals surface area contributed by atoms with Gasteiger partial charge in [0.25, 0.3) is 0 Å². The van der Waals surface area contributed by atoms with Gasteiger partial charge >= 0.3 is 6.18 Å². The molecule has 1 saturated heterocycles. The molecule has 0 aliphatic carbocycles. The van der Waals surface area contributed by atoms with Crippen LogP contribution in [0.2, 0.25) is 5.02 Å². The molecule has 0 spiro atoms. The maximum atomic E-state index is 13.5. The minimum absolute atomic E-state index is 0.107. The first-order valence-corrected chi connectivity index (χ1v) is 10.7. The second-order valence-electron chi connectivity index (χ2n) is 8.94. The standard InChI is InChI=1S/C24H19ClF3N3O3/c1-22-11-30(14-6-4-13(25)5-7-14)12-23(2,34-22)19-18(22)20(32)31(21(19)33)15-8-9-17(29-3)16(10-15)24(26,27)28/h4-10,32-33H,11-12H2,1-2H3/t22-,23+. The van der Waals surface area contributed by atoms with Gasteiger partial charge < -0.3 is 19.8 Å². The SMILES string of the molecule is [C-]#[N+]c1ccc(-n2c(O)c3c(c2O)[C@]2(C)CN(c4ccc(Cl)cc4)C[C@@]3(C)O2)cc1C(F)(F)F. The highest BCUT2D eigenvalue weighted by Crippen LogP contribution is 2.59. The summed E-state index contributed by atoms with van der Waals surface area (Å²) in [5.41, 5.74) is -2.37. The molecule has 2 atom stereocenters. The minimum atomic E-state index is -4.77. The van der Waals surface area contributed by atoms with E-state index in [-0.39, 0.29) is 5.69 Å². The van der Waals surface area contributed by atoms with E-state index in [9.17, 15) is 23.4 Å². The monoisotopic (exact) mass is 489 g/mol. The van der Waals surface area contributed by atoms with Crippen LogP contribution in [0.25, 0.3) is 10.5 Å². The lowest BCUT2D eigenvalue weighted by Crippen LogP contribution is -2.51. The van der Waals surface area contributed by atoms with Crippen LogP contribution in [-0.4, -0.2) is 27.9 Å². The fraction of sp³-hybridized carbons (Fsp3) is 0.292. The average Bonchev–Trinajstić information content (AvgIpc) is 3.13. The van der Waals surface area contributed by atoms with E-state index < -0.39 is 40.4 Å². The second-order valence-corrected chi connectivity index (χ2v) is 9.38. The molecule has 3 heterocycles. The van der Waals surface area contributed by atoms with Crippen molar-refractivity contribution in [3.63, 3.8) is 0 Å². The lowest BCUT2D eigenvalue weighted by Gasteiger charge is -2.45. The zero-order valence-electron chi connectivity index (χ0n) is 18.1. The van der Waals surface area contributed by atoms with Crippen molar-refractivity contribution >= 4 is 23.0 Å². The number of rotatable bonds is 2. The first kappa shape index (κ1) is 22.4. The van der Waals surface area contributed by atoms with Crippen molar-refractivity contribution < 1.29 is 28.1 Å². The third kappa shape index (κ3) is 3.13. The van der Waals surface area contributed by atoms with Crippen LogP contribution >= 0.6 is 11.6 Å². The van der Waals surface area contributed by atoms with Crippen molar-refractivity contribution in [3.05, 3.63) is 75.6 Å². The van der Waals surface area contributed by atoms with Crippen LogP contribution in [0, 0.1) is 6.57 Å². The largest absolute Gasteiger partial charge is 0.494 e. The fourth-order valence-electron chi connectivity index (χ4n) is 5.22. The maximum absolute atomic E-state index is 13.5. The predicted molar refractivity (Wildman–Crippen MR) is 120 cm³/mol. The smallest absolute Gasteiger partial charge is 0.407 e. The molecule has 10 heteroatoms. The maximum Gasteiger partial charge on any atom is 0.407 e. The van der Waals surface area contributed by atoms with E-state index in [2.05, 4.69) is 9.74 Å². The van der Waals surface area contributed by atoms with Crippen LogP contribution in [-0.2, 0) is 22.1 Å². The summed E-state index contributed by atoms with van der Waals surface area (Å²) in [7, 11) is 0. The Kier molecular flexibility index (Phi) is 4.67. The van der Waals surface area contributed by atoms with Crippen molar-refractivity contribution in [3.8, 4) is 17.4 Å². The van der Waals surface area contributed by atoms with Gasteiger partial charge in [0.1, 0.15) is 11.2 Å². The lowest BCUT2D eigenvalue weighted by molar-refractivity contribution is -0.139. The van der Waals surface area contributed by atoms with Gasteiger partial charge in [-0.2, -0.15) is 13.2 Å². The fourth-order valence-corrected chi connectivity index (χ4v) is 5.35. The number of hydrogen-bond acceptors (Lipinski definition) is 4. The Balaban J connectivity index is 1.64. The number of anilines is 1. The van der Waals surface area contributed by atoms with Gasteiger partial charge in [-0.05, 0) is 50.2 Å². The van der Waals surface area contributed by atoms with Gasteiger partial charge in [-0.15, -0.1) is 0 Å². The van der Waals surface area contributed by atoms with Crippen LogP contribution in [0.4, 0.5) is 24.5 Å². The van der Waals surface area contributed by atoms with Crippen molar-refractivity contribution in [2.75, 3.05) is 18.0 Å². The van der Waals surface area contributed by atoms with Gasteiger partial charge in [-0.25, -0.2) is 4.85 Å². The van der Waals surface area contributed by atoms with Gasteiger partial charge in [0.15, 0.2) is 5.69 Å². The number of ether oxygens (including phenoxy) is 1. The summed E-state index contributed by atoms with van der Waals surface area (Å²) in [6.07, 6.45) is -4.77. The second kappa shape index (κ2) is 7.08. The molecule has 2 aliphatic heterocycles. The molecule has 2 bridgehead atoms. The van der Waals surface area contributed by atoms with E-state index in [1.165, 1.54) is 6.07 Å². The number of morpholine rings is 1. The molecule has 0 unspecified atom stereocenters. The highest BCUT2D eigenvalue weighted by Gasteiger charge is 2.59. The highest BCUT2D eigenvalue weighted by molar-refractivity contribution is 6.30. The summed E-state index contributed by atoms with van der Waals surface area (Å²) in [6, 6.07) is 10.3. The molecule has 34 heavy (non-hydrogen) atoms. The van der Waals surface area contributed by atoms with E-state index >= 15 is 0 Å². The summed E-state index contributed by atoms with van der Waals surface area (Å²) in [6.45, 7) is 11.2. The molecule has 0 amide bonds. The average molecular weight is 490 g/mol. The molecule has 2 aromatic carbocycles. The number of aromatic hydroxyl groups is 2. The molecule has 1 fully saturated rings. The van der Waals surface area contributed by atoms with Crippen molar-refractivity contribution in [1.82, 2.24) is 4.57 Å². The van der Waals surface area contributed by atoms with Crippen LogP contribution in [0.15, 0.2) is 42.5 Å². The normalized spacial score (nSPS) is 23.6. The molecule has 0 radical (unpaired) electrons.